The van der Waals surface area contributed by atoms with Crippen LogP contribution in [0.25, 0.3) is 16.9 Å². The normalized spacial score (nSPS) is 11.5. The van der Waals surface area contributed by atoms with E-state index in [1.165, 1.54) is 24.4 Å². The number of pyridine rings is 2. The van der Waals surface area contributed by atoms with Crippen LogP contribution in [0.4, 0.5) is 22.0 Å². The maximum atomic E-state index is 12.7. The van der Waals surface area contributed by atoms with Gasteiger partial charge in [-0.15, -0.1) is 0 Å². The van der Waals surface area contributed by atoms with Gasteiger partial charge < -0.3 is 5.73 Å². The highest BCUT2D eigenvalue weighted by molar-refractivity contribution is 5.58. The number of alkyl halides is 3. The monoisotopic (exact) mass is 412 g/mol. The van der Waals surface area contributed by atoms with Crippen LogP contribution in [-0.4, -0.2) is 30.9 Å². The Morgan fingerprint density at radius 1 is 1.07 bits per heavy atom. The highest BCUT2D eigenvalue weighted by Gasteiger charge is 2.32. The first-order valence-corrected chi connectivity index (χ1v) is 8.08. The van der Waals surface area contributed by atoms with Gasteiger partial charge in [0.2, 0.25) is 0 Å². The summed E-state index contributed by atoms with van der Waals surface area (Å²) in [6.45, 7) is -0.869. The van der Waals surface area contributed by atoms with Gasteiger partial charge in [0, 0.05) is 23.9 Å². The molecule has 0 aliphatic rings. The van der Waals surface area contributed by atoms with Gasteiger partial charge >= 0.3 is 11.9 Å². The minimum atomic E-state index is -4.54. The van der Waals surface area contributed by atoms with Crippen LogP contribution in [0, 0.1) is 0 Å². The Morgan fingerprint density at radius 3 is 2.34 bits per heavy atom. The first-order chi connectivity index (χ1) is 13.7. The molecule has 3 aromatic rings. The van der Waals surface area contributed by atoms with Crippen molar-refractivity contribution >= 4 is 0 Å². The lowest BCUT2D eigenvalue weighted by atomic mass is 10.1. The van der Waals surface area contributed by atoms with E-state index in [1.54, 1.807) is 0 Å². The second kappa shape index (κ2) is 7.91. The molecule has 0 saturated carbocycles. The van der Waals surface area contributed by atoms with Crippen LogP contribution in [0.1, 0.15) is 5.69 Å². The van der Waals surface area contributed by atoms with Crippen LogP contribution in [-0.2, 0) is 12.7 Å². The molecule has 0 fully saturated rings. The maximum absolute atomic E-state index is 12.7. The zero-order chi connectivity index (χ0) is 21.2. The third kappa shape index (κ3) is 4.37. The number of rotatable bonds is 5. The second-order valence-electron chi connectivity index (χ2n) is 5.84. The summed E-state index contributed by atoms with van der Waals surface area (Å²) in [5.74, 6) is 0. The molecule has 0 spiro atoms. The Hall–Kier alpha value is -3.41. The summed E-state index contributed by atoms with van der Waals surface area (Å²) >= 11 is 0. The number of hydrogen-bond acceptors (Lipinski definition) is 5. The smallest absolute Gasteiger partial charge is 0.327 e. The van der Waals surface area contributed by atoms with Gasteiger partial charge in [-0.3, -0.25) is 9.97 Å². The lowest BCUT2D eigenvalue weighted by Gasteiger charge is -2.07. The standard InChI is InChI=1S/C17H13F5N6O/c18-15(19)11(5-23)8-28-16(29)27(9-26-28)12-2-3-13(24-7-12)10-1-4-14(25-6-10)17(20,21)22/h1-4,6-7,9H,5,8,23H2. The van der Waals surface area contributed by atoms with Crippen LogP contribution in [0.5, 0.6) is 0 Å². The molecule has 3 heterocycles. The Morgan fingerprint density at radius 2 is 1.83 bits per heavy atom. The van der Waals surface area contributed by atoms with Gasteiger partial charge in [-0.1, -0.05) is 0 Å². The van der Waals surface area contributed by atoms with E-state index >= 15 is 0 Å². The number of nitrogens with zero attached hydrogens (tertiary/aromatic N) is 5. The molecule has 0 atom stereocenters. The van der Waals surface area contributed by atoms with Crippen LogP contribution < -0.4 is 11.4 Å². The molecule has 0 amide bonds. The van der Waals surface area contributed by atoms with Crippen molar-refractivity contribution in [1.82, 2.24) is 24.3 Å². The second-order valence-corrected chi connectivity index (χ2v) is 5.84. The highest BCUT2D eigenvalue weighted by atomic mass is 19.4. The van der Waals surface area contributed by atoms with Gasteiger partial charge in [0.05, 0.1) is 24.1 Å². The molecule has 152 valence electrons. The van der Waals surface area contributed by atoms with E-state index in [2.05, 4.69) is 15.1 Å². The predicted octanol–water partition coefficient (Wildman–Crippen LogP) is 2.62. The minimum absolute atomic E-state index is 0.295. The van der Waals surface area contributed by atoms with Crippen molar-refractivity contribution in [1.29, 1.82) is 0 Å². The number of aromatic nitrogens is 5. The fraction of sp³-hybridized carbons (Fsp3) is 0.176. The van der Waals surface area contributed by atoms with E-state index in [0.29, 0.717) is 16.9 Å². The van der Waals surface area contributed by atoms with E-state index in [1.807, 2.05) is 0 Å². The molecule has 3 rings (SSSR count). The van der Waals surface area contributed by atoms with Crippen molar-refractivity contribution in [3.8, 4) is 16.9 Å². The molecule has 0 unspecified atom stereocenters. The summed E-state index contributed by atoms with van der Waals surface area (Å²) in [5, 5.41) is 3.78. The average Bonchev–Trinajstić information content (AvgIpc) is 3.05. The Balaban J connectivity index is 1.84. The lowest BCUT2D eigenvalue weighted by Crippen LogP contribution is -2.26. The number of nitrogens with two attached hydrogens (primary N) is 1. The van der Waals surface area contributed by atoms with Crippen LogP contribution in [0.2, 0.25) is 0 Å². The van der Waals surface area contributed by atoms with Crippen molar-refractivity contribution < 1.29 is 22.0 Å². The van der Waals surface area contributed by atoms with E-state index in [4.69, 9.17) is 5.73 Å². The first kappa shape index (κ1) is 20.3. The minimum Gasteiger partial charge on any atom is -0.327 e. The molecule has 7 nitrogen and oxygen atoms in total. The molecule has 0 aromatic carbocycles. The number of halogens is 5. The van der Waals surface area contributed by atoms with Crippen molar-refractivity contribution in [2.75, 3.05) is 6.54 Å². The van der Waals surface area contributed by atoms with Gasteiger partial charge in [0.1, 0.15) is 12.0 Å². The molecule has 12 heteroatoms. The van der Waals surface area contributed by atoms with Crippen LogP contribution in [0.15, 0.2) is 59.4 Å². The Kier molecular flexibility index (Phi) is 5.55. The lowest BCUT2D eigenvalue weighted by molar-refractivity contribution is -0.141. The number of hydrogen-bond donors (Lipinski definition) is 1. The van der Waals surface area contributed by atoms with E-state index < -0.39 is 42.3 Å². The first-order valence-electron chi connectivity index (χ1n) is 8.08. The summed E-state index contributed by atoms with van der Waals surface area (Å²) in [4.78, 5) is 19.8. The summed E-state index contributed by atoms with van der Waals surface area (Å²) in [6, 6.07) is 5.04. The zero-order valence-corrected chi connectivity index (χ0v) is 14.6. The quantitative estimate of drug-likeness (QED) is 0.651. The molecular formula is C17H13F5N6O. The summed E-state index contributed by atoms with van der Waals surface area (Å²) in [6.07, 6.45) is -3.02. The largest absolute Gasteiger partial charge is 0.433 e. The van der Waals surface area contributed by atoms with Crippen molar-refractivity contribution in [3.63, 3.8) is 0 Å². The zero-order valence-electron chi connectivity index (χ0n) is 14.6. The highest BCUT2D eigenvalue weighted by Crippen LogP contribution is 2.28. The molecule has 3 aromatic heterocycles. The Labute approximate surface area is 159 Å². The average molecular weight is 412 g/mol. The van der Waals surface area contributed by atoms with Crippen LogP contribution >= 0.6 is 0 Å². The van der Waals surface area contributed by atoms with Crippen molar-refractivity contribution in [2.24, 2.45) is 5.73 Å². The van der Waals surface area contributed by atoms with Crippen molar-refractivity contribution in [3.05, 3.63) is 70.8 Å². The fourth-order valence-electron chi connectivity index (χ4n) is 2.42. The summed E-state index contributed by atoms with van der Waals surface area (Å²) in [7, 11) is 0. The van der Waals surface area contributed by atoms with E-state index in [0.717, 1.165) is 27.8 Å². The predicted molar refractivity (Wildman–Crippen MR) is 92.1 cm³/mol. The maximum Gasteiger partial charge on any atom is 0.433 e. The molecule has 29 heavy (non-hydrogen) atoms. The molecule has 0 aliphatic carbocycles. The van der Waals surface area contributed by atoms with Gasteiger partial charge in [-0.05, 0) is 24.3 Å². The molecule has 2 N–H and O–H groups in total. The molecule has 0 aliphatic heterocycles. The SMILES string of the molecule is NCC(Cn1ncn(-c2ccc(-c3ccc(C(F)(F)F)nc3)nc2)c1=O)=C(F)F. The Bertz CT molecular complexity index is 1080. The van der Waals surface area contributed by atoms with Crippen molar-refractivity contribution in [2.45, 2.75) is 12.7 Å². The molecule has 0 radical (unpaired) electrons. The topological polar surface area (TPSA) is 91.6 Å². The van der Waals surface area contributed by atoms with Crippen LogP contribution in [0.3, 0.4) is 0 Å². The van der Waals surface area contributed by atoms with Gasteiger partial charge in [0.15, 0.2) is 0 Å². The molecule has 0 saturated heterocycles. The van der Waals surface area contributed by atoms with Gasteiger partial charge in [0.25, 0.3) is 6.08 Å². The van der Waals surface area contributed by atoms with Gasteiger partial charge in [-0.25, -0.2) is 14.0 Å². The van der Waals surface area contributed by atoms with E-state index in [-0.39, 0.29) is 0 Å². The molecular weight excluding hydrogens is 399 g/mol. The third-order valence-corrected chi connectivity index (χ3v) is 3.96. The molecule has 0 bridgehead atoms. The fourth-order valence-corrected chi connectivity index (χ4v) is 2.42. The summed E-state index contributed by atoms with van der Waals surface area (Å²) < 4.78 is 65.1. The third-order valence-electron chi connectivity index (χ3n) is 3.96. The van der Waals surface area contributed by atoms with E-state index in [9.17, 15) is 26.7 Å². The van der Waals surface area contributed by atoms with Gasteiger partial charge in [-0.2, -0.15) is 27.1 Å². The summed E-state index contributed by atoms with van der Waals surface area (Å²) in [5.41, 5.74) is 4.10.